The van der Waals surface area contributed by atoms with Crippen molar-refractivity contribution in [3.05, 3.63) is 35.3 Å². The number of halogens is 3. The van der Waals surface area contributed by atoms with Gasteiger partial charge in [-0.2, -0.15) is 0 Å². The summed E-state index contributed by atoms with van der Waals surface area (Å²) in [6.07, 6.45) is -3.00. The minimum absolute atomic E-state index is 0.112. The average Bonchev–Trinajstić information content (AvgIpc) is 2.77. The van der Waals surface area contributed by atoms with Gasteiger partial charge in [-0.15, -0.1) is 24.5 Å². The van der Waals surface area contributed by atoms with Crippen LogP contribution in [0.4, 0.5) is 13.2 Å². The number of rotatable bonds is 3. The van der Waals surface area contributed by atoms with Crippen LogP contribution in [0.25, 0.3) is 10.6 Å². The van der Waals surface area contributed by atoms with Crippen LogP contribution in [0, 0.1) is 0 Å². The zero-order valence-electron chi connectivity index (χ0n) is 9.94. The van der Waals surface area contributed by atoms with Crippen molar-refractivity contribution in [1.29, 1.82) is 0 Å². The molecule has 1 heterocycles. The van der Waals surface area contributed by atoms with E-state index in [-0.39, 0.29) is 11.8 Å². The van der Waals surface area contributed by atoms with E-state index in [9.17, 15) is 13.2 Å². The largest absolute Gasteiger partial charge is 0.573 e. The molecule has 2 aromatic rings. The first kappa shape index (κ1) is 13.8. The molecule has 1 aromatic carbocycles. The van der Waals surface area contributed by atoms with Gasteiger partial charge in [-0.25, -0.2) is 4.98 Å². The van der Waals surface area contributed by atoms with Crippen LogP contribution in [0.15, 0.2) is 30.5 Å². The number of aromatic nitrogens is 1. The summed E-state index contributed by atoms with van der Waals surface area (Å²) in [5, 5.41) is 0.714. The number of nitrogens with two attached hydrogens (primary N) is 1. The van der Waals surface area contributed by atoms with Gasteiger partial charge in [-0.1, -0.05) is 0 Å². The Morgan fingerprint density at radius 3 is 2.37 bits per heavy atom. The maximum absolute atomic E-state index is 12.0. The number of nitrogens with zero attached hydrogens (tertiary/aromatic N) is 1. The first-order valence-corrected chi connectivity index (χ1v) is 6.24. The summed E-state index contributed by atoms with van der Waals surface area (Å²) in [6.45, 7) is 1.84. The highest BCUT2D eigenvalue weighted by molar-refractivity contribution is 7.15. The highest BCUT2D eigenvalue weighted by Gasteiger charge is 2.30. The molecule has 1 unspecified atom stereocenters. The summed E-state index contributed by atoms with van der Waals surface area (Å²) >= 11 is 1.41. The Morgan fingerprint density at radius 1 is 1.26 bits per heavy atom. The van der Waals surface area contributed by atoms with Gasteiger partial charge in [0.05, 0.1) is 0 Å². The normalized spacial score (nSPS) is 13.3. The van der Waals surface area contributed by atoms with E-state index in [1.165, 1.54) is 35.6 Å². The molecule has 1 aromatic heterocycles. The quantitative estimate of drug-likeness (QED) is 0.936. The molecule has 19 heavy (non-hydrogen) atoms. The zero-order chi connectivity index (χ0) is 14.0. The molecule has 1 atom stereocenters. The Labute approximate surface area is 111 Å². The fourth-order valence-corrected chi connectivity index (χ4v) is 2.30. The van der Waals surface area contributed by atoms with E-state index in [1.54, 1.807) is 6.20 Å². The molecule has 7 heteroatoms. The molecule has 2 N–H and O–H groups in total. The van der Waals surface area contributed by atoms with Crippen molar-refractivity contribution in [2.45, 2.75) is 19.3 Å². The van der Waals surface area contributed by atoms with Crippen LogP contribution in [-0.4, -0.2) is 11.3 Å². The zero-order valence-corrected chi connectivity index (χ0v) is 10.8. The van der Waals surface area contributed by atoms with E-state index in [4.69, 9.17) is 5.73 Å². The molecule has 0 saturated carbocycles. The SMILES string of the molecule is CC(N)c1cnc(-c2ccc(OC(F)(F)F)cc2)s1. The van der Waals surface area contributed by atoms with Crippen LogP contribution >= 0.6 is 11.3 Å². The van der Waals surface area contributed by atoms with Crippen molar-refractivity contribution < 1.29 is 17.9 Å². The second kappa shape index (κ2) is 5.18. The summed E-state index contributed by atoms with van der Waals surface area (Å²) in [5.41, 5.74) is 6.45. The number of hydrogen-bond donors (Lipinski definition) is 1. The summed E-state index contributed by atoms with van der Waals surface area (Å²) in [7, 11) is 0. The highest BCUT2D eigenvalue weighted by atomic mass is 32.1. The van der Waals surface area contributed by atoms with Crippen LogP contribution in [0.3, 0.4) is 0 Å². The van der Waals surface area contributed by atoms with Crippen LogP contribution < -0.4 is 10.5 Å². The maximum Gasteiger partial charge on any atom is 0.573 e. The van der Waals surface area contributed by atoms with Crippen LogP contribution in [0.5, 0.6) is 5.75 Å². The molecule has 0 aliphatic heterocycles. The van der Waals surface area contributed by atoms with Crippen molar-refractivity contribution in [3.63, 3.8) is 0 Å². The van der Waals surface area contributed by atoms with Gasteiger partial charge in [0.15, 0.2) is 0 Å². The Morgan fingerprint density at radius 2 is 1.89 bits per heavy atom. The number of alkyl halides is 3. The maximum atomic E-state index is 12.0. The van der Waals surface area contributed by atoms with Crippen LogP contribution in [-0.2, 0) is 0 Å². The van der Waals surface area contributed by atoms with Gasteiger partial charge < -0.3 is 10.5 Å². The van der Waals surface area contributed by atoms with Crippen molar-refractivity contribution in [1.82, 2.24) is 4.98 Å². The lowest BCUT2D eigenvalue weighted by atomic mass is 10.2. The van der Waals surface area contributed by atoms with Gasteiger partial charge in [0.1, 0.15) is 10.8 Å². The van der Waals surface area contributed by atoms with Gasteiger partial charge in [0.25, 0.3) is 0 Å². The molecule has 0 spiro atoms. The monoisotopic (exact) mass is 288 g/mol. The average molecular weight is 288 g/mol. The highest BCUT2D eigenvalue weighted by Crippen LogP contribution is 2.30. The molecular formula is C12H11F3N2OS. The third-order valence-corrected chi connectivity index (χ3v) is 3.55. The Balaban J connectivity index is 2.17. The standard InChI is InChI=1S/C12H11F3N2OS/c1-7(16)10-6-17-11(19-10)8-2-4-9(5-3-8)18-12(13,14)15/h2-7H,16H2,1H3. The summed E-state index contributed by atoms with van der Waals surface area (Å²) in [5.74, 6) is -0.250. The van der Waals surface area contributed by atoms with Crippen LogP contribution in [0.2, 0.25) is 0 Å². The molecular weight excluding hydrogens is 277 g/mol. The molecule has 2 rings (SSSR count). The van der Waals surface area contributed by atoms with E-state index in [0.717, 1.165) is 10.4 Å². The molecule has 0 radical (unpaired) electrons. The number of ether oxygens (including phenoxy) is 1. The first-order chi connectivity index (χ1) is 8.85. The topological polar surface area (TPSA) is 48.1 Å². The third kappa shape index (κ3) is 3.68. The molecule has 0 aliphatic rings. The lowest BCUT2D eigenvalue weighted by Gasteiger charge is -2.08. The lowest BCUT2D eigenvalue weighted by Crippen LogP contribution is -2.16. The van der Waals surface area contributed by atoms with E-state index in [2.05, 4.69) is 9.72 Å². The predicted octanol–water partition coefficient (Wildman–Crippen LogP) is 3.73. The Bertz CT molecular complexity index is 549. The molecule has 102 valence electrons. The van der Waals surface area contributed by atoms with E-state index >= 15 is 0 Å². The second-order valence-corrected chi connectivity index (χ2v) is 4.99. The van der Waals surface area contributed by atoms with Crippen LogP contribution in [0.1, 0.15) is 17.8 Å². The lowest BCUT2D eigenvalue weighted by molar-refractivity contribution is -0.274. The molecule has 0 saturated heterocycles. The minimum atomic E-state index is -4.68. The van der Waals surface area contributed by atoms with Gasteiger partial charge in [0, 0.05) is 22.7 Å². The van der Waals surface area contributed by atoms with Gasteiger partial charge in [-0.05, 0) is 31.2 Å². The molecule has 0 aliphatic carbocycles. The molecule has 0 fully saturated rings. The molecule has 0 amide bonds. The third-order valence-electron chi connectivity index (χ3n) is 2.31. The number of hydrogen-bond acceptors (Lipinski definition) is 4. The van der Waals surface area contributed by atoms with E-state index in [0.29, 0.717) is 5.01 Å². The molecule has 0 bridgehead atoms. The number of benzene rings is 1. The Hall–Kier alpha value is -1.60. The van der Waals surface area contributed by atoms with Crippen molar-refractivity contribution in [2.24, 2.45) is 5.73 Å². The summed E-state index contributed by atoms with van der Waals surface area (Å²) in [4.78, 5) is 5.11. The van der Waals surface area contributed by atoms with E-state index in [1.807, 2.05) is 6.92 Å². The summed E-state index contributed by atoms with van der Waals surface area (Å²) in [6, 6.07) is 5.47. The van der Waals surface area contributed by atoms with E-state index < -0.39 is 6.36 Å². The second-order valence-electron chi connectivity index (χ2n) is 3.93. The smallest absolute Gasteiger partial charge is 0.406 e. The predicted molar refractivity (Wildman–Crippen MR) is 66.8 cm³/mol. The van der Waals surface area contributed by atoms with Crippen molar-refractivity contribution >= 4 is 11.3 Å². The fourth-order valence-electron chi connectivity index (χ4n) is 1.43. The van der Waals surface area contributed by atoms with Gasteiger partial charge in [-0.3, -0.25) is 0 Å². The first-order valence-electron chi connectivity index (χ1n) is 5.42. The Kier molecular flexibility index (Phi) is 3.77. The number of thiazole rings is 1. The van der Waals surface area contributed by atoms with Crippen molar-refractivity contribution in [3.8, 4) is 16.3 Å². The summed E-state index contributed by atoms with van der Waals surface area (Å²) < 4.78 is 39.8. The molecule has 3 nitrogen and oxygen atoms in total. The minimum Gasteiger partial charge on any atom is -0.406 e. The fraction of sp³-hybridized carbons (Fsp3) is 0.250. The van der Waals surface area contributed by atoms with Crippen molar-refractivity contribution in [2.75, 3.05) is 0 Å². The van der Waals surface area contributed by atoms with Gasteiger partial charge in [0.2, 0.25) is 0 Å². The van der Waals surface area contributed by atoms with Gasteiger partial charge >= 0.3 is 6.36 Å².